The molecule has 4 heteroatoms. The fraction of sp³-hybridized carbons (Fsp3) is 0.167. The fourth-order valence-corrected chi connectivity index (χ4v) is 0.889. The molecule has 0 aliphatic rings. The zero-order valence-electron chi connectivity index (χ0n) is 5.52. The van der Waals surface area contributed by atoms with Crippen molar-refractivity contribution in [2.75, 3.05) is 0 Å². The van der Waals surface area contributed by atoms with E-state index in [2.05, 4.69) is 15.2 Å². The molecular formula is C6H6N4. The molecule has 0 N–H and O–H groups in total. The molecule has 50 valence electrons. The third-order valence-corrected chi connectivity index (χ3v) is 1.40. The van der Waals surface area contributed by atoms with Crippen molar-refractivity contribution in [1.29, 1.82) is 0 Å². The van der Waals surface area contributed by atoms with Crippen molar-refractivity contribution < 1.29 is 0 Å². The van der Waals surface area contributed by atoms with E-state index in [1.54, 1.807) is 12.4 Å². The van der Waals surface area contributed by atoms with Crippen LogP contribution in [0.1, 0.15) is 5.82 Å². The van der Waals surface area contributed by atoms with Gasteiger partial charge in [0.05, 0.1) is 12.4 Å². The lowest BCUT2D eigenvalue weighted by Gasteiger charge is -1.89. The maximum Gasteiger partial charge on any atom is 0.179 e. The average Bonchev–Trinajstić information content (AvgIpc) is 2.34. The molecule has 0 saturated carbocycles. The Morgan fingerprint density at radius 2 is 2.40 bits per heavy atom. The summed E-state index contributed by atoms with van der Waals surface area (Å²) in [6.07, 6.45) is 5.18. The maximum atomic E-state index is 4.06. The van der Waals surface area contributed by atoms with E-state index < -0.39 is 0 Å². The molecule has 0 atom stereocenters. The Morgan fingerprint density at radius 1 is 1.50 bits per heavy atom. The molecule has 2 rings (SSSR count). The zero-order chi connectivity index (χ0) is 6.97. The third-order valence-electron chi connectivity index (χ3n) is 1.40. The van der Waals surface area contributed by atoms with Crippen molar-refractivity contribution in [3.8, 4) is 0 Å². The molecule has 0 fully saturated rings. The summed E-state index contributed by atoms with van der Waals surface area (Å²) in [5.74, 6) is 0.935. The van der Waals surface area contributed by atoms with Crippen LogP contribution in [-0.4, -0.2) is 19.6 Å². The van der Waals surface area contributed by atoms with Crippen LogP contribution in [0.5, 0.6) is 0 Å². The van der Waals surface area contributed by atoms with Gasteiger partial charge in [0.15, 0.2) is 5.65 Å². The Hall–Kier alpha value is -1.45. The lowest BCUT2D eigenvalue weighted by molar-refractivity contribution is 0.950. The molecular weight excluding hydrogens is 128 g/mol. The van der Waals surface area contributed by atoms with Crippen molar-refractivity contribution in [2.24, 2.45) is 0 Å². The summed E-state index contributed by atoms with van der Waals surface area (Å²) < 4.78 is 1.88. The summed E-state index contributed by atoms with van der Waals surface area (Å²) in [6, 6.07) is 0. The van der Waals surface area contributed by atoms with Gasteiger partial charge in [-0.2, -0.15) is 5.10 Å². The standard InChI is InChI=1S/C6H6N4/c1-5-7-4-6-9-8-2-3-10(5)6/h2-4H,1H3. The predicted molar refractivity (Wildman–Crippen MR) is 35.5 cm³/mol. The zero-order valence-corrected chi connectivity index (χ0v) is 5.52. The summed E-state index contributed by atoms with van der Waals surface area (Å²) in [5.41, 5.74) is 0.792. The normalized spacial score (nSPS) is 10.5. The highest BCUT2D eigenvalue weighted by molar-refractivity contribution is 5.33. The maximum absolute atomic E-state index is 4.06. The minimum absolute atomic E-state index is 0.792. The molecule has 2 aromatic heterocycles. The smallest absolute Gasteiger partial charge is 0.179 e. The Bertz CT molecular complexity index is 351. The van der Waals surface area contributed by atoms with Crippen molar-refractivity contribution in [2.45, 2.75) is 6.92 Å². The number of aryl methyl sites for hydroxylation is 1. The summed E-state index contributed by atoms with van der Waals surface area (Å²) in [4.78, 5) is 4.06. The molecule has 4 nitrogen and oxygen atoms in total. The number of fused-ring (bicyclic) bond motifs is 1. The molecule has 0 radical (unpaired) electrons. The van der Waals surface area contributed by atoms with E-state index >= 15 is 0 Å². The van der Waals surface area contributed by atoms with Crippen LogP contribution in [0.15, 0.2) is 18.6 Å². The van der Waals surface area contributed by atoms with Crippen LogP contribution < -0.4 is 0 Å². The van der Waals surface area contributed by atoms with Crippen molar-refractivity contribution in [1.82, 2.24) is 19.6 Å². The second-order valence-electron chi connectivity index (χ2n) is 2.05. The quantitative estimate of drug-likeness (QED) is 0.524. The molecule has 0 aromatic carbocycles. The van der Waals surface area contributed by atoms with Crippen LogP contribution >= 0.6 is 0 Å². The van der Waals surface area contributed by atoms with Gasteiger partial charge >= 0.3 is 0 Å². The summed E-state index contributed by atoms with van der Waals surface area (Å²) >= 11 is 0. The van der Waals surface area contributed by atoms with Crippen molar-refractivity contribution in [3.05, 3.63) is 24.4 Å². The summed E-state index contributed by atoms with van der Waals surface area (Å²) in [6.45, 7) is 1.93. The van der Waals surface area contributed by atoms with E-state index in [9.17, 15) is 0 Å². The van der Waals surface area contributed by atoms with Crippen LogP contribution in [0.3, 0.4) is 0 Å². The Balaban J connectivity index is 2.93. The number of hydrogen-bond acceptors (Lipinski definition) is 3. The largest absolute Gasteiger partial charge is 0.285 e. The van der Waals surface area contributed by atoms with Gasteiger partial charge in [-0.05, 0) is 6.92 Å². The summed E-state index contributed by atoms with van der Waals surface area (Å²) in [5, 5.41) is 7.57. The highest BCUT2D eigenvalue weighted by Gasteiger charge is 1.95. The number of hydrogen-bond donors (Lipinski definition) is 0. The van der Waals surface area contributed by atoms with E-state index in [0.29, 0.717) is 0 Å². The lowest BCUT2D eigenvalue weighted by Crippen LogP contribution is -1.90. The van der Waals surface area contributed by atoms with Crippen LogP contribution in [0.4, 0.5) is 0 Å². The van der Waals surface area contributed by atoms with Gasteiger partial charge in [-0.3, -0.25) is 4.40 Å². The minimum Gasteiger partial charge on any atom is -0.285 e. The van der Waals surface area contributed by atoms with Gasteiger partial charge in [0.25, 0.3) is 0 Å². The number of imidazole rings is 1. The predicted octanol–water partition coefficient (Wildman–Crippen LogP) is 0.433. The van der Waals surface area contributed by atoms with E-state index in [4.69, 9.17) is 0 Å². The summed E-state index contributed by atoms with van der Waals surface area (Å²) in [7, 11) is 0. The highest BCUT2D eigenvalue weighted by atomic mass is 15.2. The monoisotopic (exact) mass is 134 g/mol. The van der Waals surface area contributed by atoms with Gasteiger partial charge in [-0.15, -0.1) is 5.10 Å². The van der Waals surface area contributed by atoms with Gasteiger partial charge in [-0.25, -0.2) is 4.98 Å². The molecule has 0 spiro atoms. The first kappa shape index (κ1) is 5.34. The Morgan fingerprint density at radius 3 is 3.20 bits per heavy atom. The first-order chi connectivity index (χ1) is 4.88. The second kappa shape index (κ2) is 1.76. The number of nitrogens with zero attached hydrogens (tertiary/aromatic N) is 4. The average molecular weight is 134 g/mol. The van der Waals surface area contributed by atoms with E-state index in [-0.39, 0.29) is 0 Å². The lowest BCUT2D eigenvalue weighted by atomic mass is 10.7. The third kappa shape index (κ3) is 0.586. The molecule has 0 saturated heterocycles. The molecule has 10 heavy (non-hydrogen) atoms. The Labute approximate surface area is 57.5 Å². The highest BCUT2D eigenvalue weighted by Crippen LogP contribution is 1.98. The van der Waals surface area contributed by atoms with E-state index in [1.165, 1.54) is 0 Å². The van der Waals surface area contributed by atoms with Gasteiger partial charge in [-0.1, -0.05) is 0 Å². The Kier molecular flexibility index (Phi) is 0.943. The van der Waals surface area contributed by atoms with Crippen molar-refractivity contribution >= 4 is 5.65 Å². The SMILES string of the molecule is Cc1ncc2nnccn12. The second-order valence-corrected chi connectivity index (χ2v) is 2.05. The molecule has 2 heterocycles. The molecule has 0 unspecified atom stereocenters. The minimum atomic E-state index is 0.792. The van der Waals surface area contributed by atoms with Gasteiger partial charge in [0.2, 0.25) is 0 Å². The van der Waals surface area contributed by atoms with E-state index in [0.717, 1.165) is 11.5 Å². The first-order valence-corrected chi connectivity index (χ1v) is 2.99. The van der Waals surface area contributed by atoms with E-state index in [1.807, 2.05) is 17.5 Å². The van der Waals surface area contributed by atoms with Crippen molar-refractivity contribution in [3.63, 3.8) is 0 Å². The topological polar surface area (TPSA) is 43.1 Å². The van der Waals surface area contributed by atoms with Crippen LogP contribution in [0.2, 0.25) is 0 Å². The first-order valence-electron chi connectivity index (χ1n) is 2.99. The van der Waals surface area contributed by atoms with Gasteiger partial charge in [0, 0.05) is 6.20 Å². The molecule has 0 amide bonds. The molecule has 0 aliphatic carbocycles. The van der Waals surface area contributed by atoms with Crippen LogP contribution in [0, 0.1) is 6.92 Å². The fourth-order valence-electron chi connectivity index (χ4n) is 0.889. The molecule has 0 bridgehead atoms. The van der Waals surface area contributed by atoms with Crippen LogP contribution in [-0.2, 0) is 0 Å². The number of rotatable bonds is 0. The number of aromatic nitrogens is 4. The van der Waals surface area contributed by atoms with Gasteiger partial charge < -0.3 is 0 Å². The molecule has 2 aromatic rings. The van der Waals surface area contributed by atoms with Crippen LogP contribution in [0.25, 0.3) is 5.65 Å². The molecule has 0 aliphatic heterocycles. The van der Waals surface area contributed by atoms with Gasteiger partial charge in [0.1, 0.15) is 5.82 Å².